The van der Waals surface area contributed by atoms with Gasteiger partial charge in [0.2, 0.25) is 0 Å². The van der Waals surface area contributed by atoms with Gasteiger partial charge in [-0.3, -0.25) is 9.59 Å². The molecule has 0 fully saturated rings. The number of anilines is 1. The first kappa shape index (κ1) is 20.7. The number of hydrogen-bond donors (Lipinski definition) is 2. The molecule has 5 unspecified atom stereocenters. The largest absolute Gasteiger partial charge is 0.480 e. The zero-order valence-electron chi connectivity index (χ0n) is 18.1. The Morgan fingerprint density at radius 2 is 1.73 bits per heavy atom. The Morgan fingerprint density at radius 1 is 1.03 bits per heavy atom. The van der Waals surface area contributed by atoms with Crippen LogP contribution < -0.4 is 10.2 Å². The van der Waals surface area contributed by atoms with Gasteiger partial charge in [0.25, 0.3) is 5.91 Å². The van der Waals surface area contributed by atoms with Gasteiger partial charge < -0.3 is 15.3 Å². The first-order valence-corrected chi connectivity index (χ1v) is 12.3. The molecule has 5 atom stereocenters. The van der Waals surface area contributed by atoms with E-state index in [1.54, 1.807) is 0 Å². The second kappa shape index (κ2) is 7.87. The van der Waals surface area contributed by atoms with Gasteiger partial charge in [-0.15, -0.1) is 0 Å². The van der Waals surface area contributed by atoms with E-state index < -0.39 is 5.97 Å². The van der Waals surface area contributed by atoms with Crippen LogP contribution >= 0.6 is 15.9 Å². The maximum Gasteiger partial charge on any atom is 0.322 e. The molecule has 0 spiro atoms. The summed E-state index contributed by atoms with van der Waals surface area (Å²) >= 11 is 3.58. The number of benzene rings is 2. The topological polar surface area (TPSA) is 69.6 Å². The number of carboxylic acids is 1. The van der Waals surface area contributed by atoms with Crippen LogP contribution in [0.25, 0.3) is 0 Å². The highest BCUT2D eigenvalue weighted by molar-refractivity contribution is 9.10. The molecule has 0 aromatic heterocycles. The summed E-state index contributed by atoms with van der Waals surface area (Å²) in [5, 5.41) is 11.6. The molecule has 5 nitrogen and oxygen atoms in total. The van der Waals surface area contributed by atoms with E-state index >= 15 is 0 Å². The average molecular weight is 505 g/mol. The fourth-order valence-electron chi connectivity index (χ4n) is 6.40. The quantitative estimate of drug-likeness (QED) is 0.564. The number of carbonyl (C=O) groups excluding carboxylic acids is 1. The van der Waals surface area contributed by atoms with Crippen LogP contribution in [0.4, 0.5) is 5.69 Å². The number of carboxylic acid groups (broad SMARTS) is 1. The standard InChI is InChI=1S/C27H25BrN2O3/c28-18-9-7-15(8-10-18)25-21-6-2-5-20(21)23-12-17(27(33)29-13-24(31)32)11-22-19-4-1-3-16(19)14-30(25)26(22)23/h1-2,4-5,7-12,16,19-21,25H,3,6,13-14H2,(H,29,33)(H,31,32). The Bertz CT molecular complexity index is 1190. The maximum atomic E-state index is 12.9. The van der Waals surface area contributed by atoms with Gasteiger partial charge in [-0.05, 0) is 65.6 Å². The summed E-state index contributed by atoms with van der Waals surface area (Å²) < 4.78 is 1.08. The zero-order chi connectivity index (χ0) is 22.7. The van der Waals surface area contributed by atoms with Crippen LogP contribution in [-0.4, -0.2) is 30.1 Å². The minimum atomic E-state index is -1.04. The number of fused-ring (bicyclic) bond motifs is 4. The van der Waals surface area contributed by atoms with Crippen LogP contribution in [0.2, 0.25) is 0 Å². The minimum absolute atomic E-state index is 0.248. The van der Waals surface area contributed by atoms with Gasteiger partial charge in [0, 0.05) is 34.1 Å². The van der Waals surface area contributed by atoms with Crippen molar-refractivity contribution in [1.29, 1.82) is 0 Å². The molecule has 0 bridgehead atoms. The lowest BCUT2D eigenvalue weighted by atomic mass is 9.70. The molecule has 2 N–H and O–H groups in total. The molecule has 0 radical (unpaired) electrons. The summed E-state index contributed by atoms with van der Waals surface area (Å²) in [7, 11) is 0. The number of rotatable bonds is 4. The summed E-state index contributed by atoms with van der Waals surface area (Å²) in [6, 6.07) is 13.0. The molecule has 2 heterocycles. The van der Waals surface area contributed by atoms with E-state index in [0.29, 0.717) is 23.3 Å². The average Bonchev–Trinajstić information content (AvgIpc) is 3.48. The van der Waals surface area contributed by atoms with Crippen LogP contribution in [0.1, 0.15) is 57.8 Å². The second-order valence-electron chi connectivity index (χ2n) is 9.53. The fourth-order valence-corrected chi connectivity index (χ4v) is 6.67. The van der Waals surface area contributed by atoms with Gasteiger partial charge in [-0.1, -0.05) is 52.4 Å². The third kappa shape index (κ3) is 3.34. The Morgan fingerprint density at radius 3 is 2.48 bits per heavy atom. The van der Waals surface area contributed by atoms with Crippen molar-refractivity contribution in [2.24, 2.45) is 11.8 Å². The van der Waals surface area contributed by atoms with Crippen LogP contribution in [0.3, 0.4) is 0 Å². The minimum Gasteiger partial charge on any atom is -0.480 e. The highest BCUT2D eigenvalue weighted by Crippen LogP contribution is 2.58. The SMILES string of the molecule is O=C(O)CNC(=O)c1cc2c3c(c1)C1C=CCC1C(c1ccc(Br)cc1)N3CC1CC=CC21. The number of hydrogen-bond acceptors (Lipinski definition) is 3. The third-order valence-electron chi connectivity index (χ3n) is 7.72. The molecule has 2 aliphatic carbocycles. The number of halogens is 1. The Kier molecular flexibility index (Phi) is 4.94. The van der Waals surface area contributed by atoms with E-state index in [1.165, 1.54) is 22.4 Å². The van der Waals surface area contributed by atoms with Crippen molar-refractivity contribution < 1.29 is 14.7 Å². The predicted octanol–water partition coefficient (Wildman–Crippen LogP) is 5.16. The third-order valence-corrected chi connectivity index (χ3v) is 8.25. The van der Waals surface area contributed by atoms with E-state index in [1.807, 2.05) is 12.1 Å². The van der Waals surface area contributed by atoms with E-state index in [0.717, 1.165) is 23.9 Å². The number of carbonyl (C=O) groups is 2. The van der Waals surface area contributed by atoms with Crippen molar-refractivity contribution in [3.63, 3.8) is 0 Å². The van der Waals surface area contributed by atoms with E-state index in [2.05, 4.69) is 74.7 Å². The zero-order valence-corrected chi connectivity index (χ0v) is 19.7. The van der Waals surface area contributed by atoms with Crippen molar-refractivity contribution in [3.8, 4) is 0 Å². The normalized spacial score (nSPS) is 28.3. The van der Waals surface area contributed by atoms with Crippen LogP contribution in [0.5, 0.6) is 0 Å². The first-order valence-electron chi connectivity index (χ1n) is 11.5. The maximum absolute atomic E-state index is 12.9. The van der Waals surface area contributed by atoms with Crippen LogP contribution in [0, 0.1) is 11.8 Å². The fraction of sp³-hybridized carbons (Fsp3) is 0.333. The van der Waals surface area contributed by atoms with Crippen molar-refractivity contribution in [2.45, 2.75) is 30.7 Å². The molecule has 0 saturated carbocycles. The van der Waals surface area contributed by atoms with Gasteiger partial charge in [-0.25, -0.2) is 0 Å². The first-order chi connectivity index (χ1) is 16.0. The highest BCUT2D eigenvalue weighted by Gasteiger charge is 2.48. The van der Waals surface area contributed by atoms with Gasteiger partial charge in [0.05, 0.1) is 6.04 Å². The number of nitrogens with zero attached hydrogens (tertiary/aromatic N) is 1. The van der Waals surface area contributed by atoms with E-state index in [4.69, 9.17) is 5.11 Å². The molecule has 2 aliphatic heterocycles. The van der Waals surface area contributed by atoms with Crippen molar-refractivity contribution in [1.82, 2.24) is 5.32 Å². The molecule has 168 valence electrons. The van der Waals surface area contributed by atoms with Gasteiger partial charge in [-0.2, -0.15) is 0 Å². The number of aliphatic carboxylic acids is 1. The molecule has 2 aromatic carbocycles. The predicted molar refractivity (Wildman–Crippen MR) is 131 cm³/mol. The lowest BCUT2D eigenvalue weighted by Gasteiger charge is -2.51. The lowest BCUT2D eigenvalue weighted by Crippen LogP contribution is -2.46. The summed E-state index contributed by atoms with van der Waals surface area (Å²) in [5.74, 6) is 0.0956. The van der Waals surface area contributed by atoms with Crippen molar-refractivity contribution in [2.75, 3.05) is 18.0 Å². The molecular formula is C27H25BrN2O3. The smallest absolute Gasteiger partial charge is 0.322 e. The van der Waals surface area contributed by atoms with Crippen molar-refractivity contribution >= 4 is 33.5 Å². The molecule has 33 heavy (non-hydrogen) atoms. The highest BCUT2D eigenvalue weighted by atomic mass is 79.9. The Balaban J connectivity index is 1.51. The summed E-state index contributed by atoms with van der Waals surface area (Å²) in [6.45, 7) is 0.632. The lowest BCUT2D eigenvalue weighted by molar-refractivity contribution is -0.135. The Hall–Kier alpha value is -2.86. The molecule has 1 amide bonds. The summed E-state index contributed by atoms with van der Waals surface area (Å²) in [4.78, 5) is 26.5. The molecule has 0 saturated heterocycles. The van der Waals surface area contributed by atoms with Crippen molar-refractivity contribution in [3.05, 3.63) is 87.4 Å². The van der Waals surface area contributed by atoms with E-state index in [9.17, 15) is 9.59 Å². The van der Waals surface area contributed by atoms with Gasteiger partial charge >= 0.3 is 5.97 Å². The molecule has 6 heteroatoms. The van der Waals surface area contributed by atoms with Crippen LogP contribution in [-0.2, 0) is 4.79 Å². The molecule has 6 rings (SSSR count). The number of nitrogens with one attached hydrogen (secondary N) is 1. The summed E-state index contributed by atoms with van der Waals surface area (Å²) in [5.41, 5.74) is 5.59. The Labute approximate surface area is 201 Å². The monoisotopic (exact) mass is 504 g/mol. The number of allylic oxidation sites excluding steroid dienone is 4. The molecule has 4 aliphatic rings. The van der Waals surface area contributed by atoms with Crippen LogP contribution in [0.15, 0.2) is 65.2 Å². The summed E-state index contributed by atoms with van der Waals surface area (Å²) in [6.07, 6.45) is 11.2. The van der Waals surface area contributed by atoms with Gasteiger partial charge in [0.15, 0.2) is 0 Å². The van der Waals surface area contributed by atoms with Gasteiger partial charge in [0.1, 0.15) is 6.54 Å². The van der Waals surface area contributed by atoms with E-state index in [-0.39, 0.29) is 24.4 Å². The molecular weight excluding hydrogens is 480 g/mol. The molecule has 2 aromatic rings. The number of amides is 1. The second-order valence-corrected chi connectivity index (χ2v) is 10.4.